The Hall–Kier alpha value is -0.0800. The number of rotatable bonds is 13. The molecule has 0 aliphatic heterocycles. The van der Waals surface area contributed by atoms with Crippen LogP contribution in [0.5, 0.6) is 0 Å². The highest BCUT2D eigenvalue weighted by Crippen LogP contribution is 2.13. The Morgan fingerprint density at radius 1 is 0.667 bits per heavy atom. The van der Waals surface area contributed by atoms with Gasteiger partial charge < -0.3 is 11.5 Å². The maximum absolute atomic E-state index is 5.92. The Kier molecular flexibility index (Phi) is 13.3. The summed E-state index contributed by atoms with van der Waals surface area (Å²) in [6.07, 6.45) is 14.7. The Balaban J connectivity index is 3.03. The van der Waals surface area contributed by atoms with Gasteiger partial charge in [0.05, 0.1) is 0 Å². The molecule has 0 amide bonds. The van der Waals surface area contributed by atoms with Crippen molar-refractivity contribution in [2.24, 2.45) is 17.4 Å². The summed E-state index contributed by atoms with van der Waals surface area (Å²) in [5, 5.41) is 0. The second-order valence-corrected chi connectivity index (χ2v) is 6.14. The first-order valence-electron chi connectivity index (χ1n) is 8.12. The molecule has 0 aromatic carbocycles. The molecule has 2 heteroatoms. The molecule has 0 saturated heterocycles. The number of hydrogen-bond donors (Lipinski definition) is 2. The SMILES string of the molecule is CC(C)CCCCCCCCCCC(N)CCN. The third kappa shape index (κ3) is 14.0. The number of nitrogens with two attached hydrogens (primary N) is 2. The largest absolute Gasteiger partial charge is 0.330 e. The molecule has 110 valence electrons. The van der Waals surface area contributed by atoms with Gasteiger partial charge in [-0.2, -0.15) is 0 Å². The Labute approximate surface area is 115 Å². The van der Waals surface area contributed by atoms with E-state index in [1.807, 2.05) is 0 Å². The van der Waals surface area contributed by atoms with E-state index in [1.165, 1.54) is 57.8 Å². The second kappa shape index (κ2) is 13.4. The lowest BCUT2D eigenvalue weighted by molar-refractivity contribution is 0.494. The minimum absolute atomic E-state index is 0.339. The molecule has 2 nitrogen and oxygen atoms in total. The van der Waals surface area contributed by atoms with Crippen molar-refractivity contribution in [3.63, 3.8) is 0 Å². The lowest BCUT2D eigenvalue weighted by Gasteiger charge is -2.09. The van der Waals surface area contributed by atoms with Crippen LogP contribution in [-0.2, 0) is 0 Å². The molecule has 0 aliphatic carbocycles. The minimum Gasteiger partial charge on any atom is -0.330 e. The van der Waals surface area contributed by atoms with Crippen LogP contribution in [0.1, 0.15) is 84.5 Å². The van der Waals surface area contributed by atoms with Gasteiger partial charge in [-0.15, -0.1) is 0 Å². The molecule has 0 radical (unpaired) electrons. The van der Waals surface area contributed by atoms with Crippen molar-refractivity contribution >= 4 is 0 Å². The van der Waals surface area contributed by atoms with Crippen LogP contribution in [0.25, 0.3) is 0 Å². The summed E-state index contributed by atoms with van der Waals surface area (Å²) in [5.74, 6) is 0.878. The molecule has 0 aromatic rings. The van der Waals surface area contributed by atoms with Gasteiger partial charge in [-0.3, -0.25) is 0 Å². The van der Waals surface area contributed by atoms with Crippen LogP contribution in [0.2, 0.25) is 0 Å². The summed E-state index contributed by atoms with van der Waals surface area (Å²) in [5.41, 5.74) is 11.4. The Morgan fingerprint density at radius 3 is 1.56 bits per heavy atom. The van der Waals surface area contributed by atoms with Crippen molar-refractivity contribution < 1.29 is 0 Å². The van der Waals surface area contributed by atoms with Crippen molar-refractivity contribution in [2.75, 3.05) is 6.54 Å². The van der Waals surface area contributed by atoms with E-state index in [0.717, 1.165) is 25.3 Å². The van der Waals surface area contributed by atoms with Crippen LogP contribution in [0.4, 0.5) is 0 Å². The predicted octanol–water partition coefficient (Wildman–Crippen LogP) is 4.22. The van der Waals surface area contributed by atoms with E-state index in [-0.39, 0.29) is 0 Å². The van der Waals surface area contributed by atoms with E-state index in [9.17, 15) is 0 Å². The Morgan fingerprint density at radius 2 is 1.11 bits per heavy atom. The molecule has 0 fully saturated rings. The maximum atomic E-state index is 5.92. The summed E-state index contributed by atoms with van der Waals surface area (Å²) in [6, 6.07) is 0.339. The zero-order valence-electron chi connectivity index (χ0n) is 12.8. The van der Waals surface area contributed by atoms with Gasteiger partial charge in [0.15, 0.2) is 0 Å². The second-order valence-electron chi connectivity index (χ2n) is 6.14. The molecule has 1 atom stereocenters. The quantitative estimate of drug-likeness (QED) is 0.485. The first kappa shape index (κ1) is 17.9. The van der Waals surface area contributed by atoms with Crippen molar-refractivity contribution in [2.45, 2.75) is 90.5 Å². The van der Waals surface area contributed by atoms with Crippen LogP contribution in [0, 0.1) is 5.92 Å². The monoisotopic (exact) mass is 256 g/mol. The van der Waals surface area contributed by atoms with E-state index < -0.39 is 0 Å². The standard InChI is InChI=1S/C16H36N2/c1-15(2)11-9-7-5-3-4-6-8-10-12-16(18)13-14-17/h15-16H,3-14,17-18H2,1-2H3. The third-order valence-electron chi connectivity index (χ3n) is 3.64. The van der Waals surface area contributed by atoms with Crippen LogP contribution >= 0.6 is 0 Å². The molecule has 0 bridgehead atoms. The van der Waals surface area contributed by atoms with Crippen LogP contribution < -0.4 is 11.5 Å². The van der Waals surface area contributed by atoms with Gasteiger partial charge in [-0.1, -0.05) is 71.6 Å². The lowest BCUT2D eigenvalue weighted by Crippen LogP contribution is -2.23. The van der Waals surface area contributed by atoms with Gasteiger partial charge >= 0.3 is 0 Å². The fourth-order valence-corrected chi connectivity index (χ4v) is 2.38. The fourth-order valence-electron chi connectivity index (χ4n) is 2.38. The van der Waals surface area contributed by atoms with Gasteiger partial charge in [-0.25, -0.2) is 0 Å². The third-order valence-corrected chi connectivity index (χ3v) is 3.64. The van der Waals surface area contributed by atoms with Crippen molar-refractivity contribution in [3.05, 3.63) is 0 Å². The van der Waals surface area contributed by atoms with E-state index in [4.69, 9.17) is 11.5 Å². The van der Waals surface area contributed by atoms with Crippen molar-refractivity contribution in [3.8, 4) is 0 Å². The molecule has 18 heavy (non-hydrogen) atoms. The summed E-state index contributed by atoms with van der Waals surface area (Å²) in [6.45, 7) is 5.36. The van der Waals surface area contributed by atoms with Crippen LogP contribution in [0.15, 0.2) is 0 Å². The average molecular weight is 256 g/mol. The molecule has 4 N–H and O–H groups in total. The molecular weight excluding hydrogens is 220 g/mol. The average Bonchev–Trinajstić information content (AvgIpc) is 2.31. The van der Waals surface area contributed by atoms with E-state index in [2.05, 4.69) is 13.8 Å². The normalized spacial score (nSPS) is 13.2. The van der Waals surface area contributed by atoms with E-state index in [1.54, 1.807) is 0 Å². The van der Waals surface area contributed by atoms with E-state index in [0.29, 0.717) is 6.04 Å². The molecule has 1 unspecified atom stereocenters. The molecule has 0 saturated carbocycles. The summed E-state index contributed by atoms with van der Waals surface area (Å²) in [4.78, 5) is 0. The highest BCUT2D eigenvalue weighted by Gasteiger charge is 2.00. The topological polar surface area (TPSA) is 52.0 Å². The fraction of sp³-hybridized carbons (Fsp3) is 1.00. The van der Waals surface area contributed by atoms with Gasteiger partial charge in [0.1, 0.15) is 0 Å². The molecule has 0 aromatic heterocycles. The molecule has 0 heterocycles. The molecule has 0 spiro atoms. The summed E-state index contributed by atoms with van der Waals surface area (Å²) >= 11 is 0. The predicted molar refractivity (Wildman–Crippen MR) is 82.7 cm³/mol. The molecule has 0 rings (SSSR count). The highest BCUT2D eigenvalue weighted by atomic mass is 14.6. The molecule has 0 aliphatic rings. The van der Waals surface area contributed by atoms with Gasteiger partial charge in [0.25, 0.3) is 0 Å². The van der Waals surface area contributed by atoms with Crippen molar-refractivity contribution in [1.82, 2.24) is 0 Å². The maximum Gasteiger partial charge on any atom is 0.00508 e. The Bertz CT molecular complexity index is 157. The first-order valence-corrected chi connectivity index (χ1v) is 8.12. The van der Waals surface area contributed by atoms with Gasteiger partial charge in [0, 0.05) is 6.04 Å². The van der Waals surface area contributed by atoms with Gasteiger partial charge in [0.2, 0.25) is 0 Å². The smallest absolute Gasteiger partial charge is 0.00508 e. The van der Waals surface area contributed by atoms with Gasteiger partial charge in [-0.05, 0) is 25.3 Å². The first-order chi connectivity index (χ1) is 8.66. The van der Waals surface area contributed by atoms with Crippen LogP contribution in [-0.4, -0.2) is 12.6 Å². The summed E-state index contributed by atoms with van der Waals surface area (Å²) in [7, 11) is 0. The molecular formula is C16H36N2. The number of unbranched alkanes of at least 4 members (excludes halogenated alkanes) is 7. The van der Waals surface area contributed by atoms with E-state index >= 15 is 0 Å². The zero-order valence-corrected chi connectivity index (χ0v) is 12.8. The van der Waals surface area contributed by atoms with Crippen molar-refractivity contribution in [1.29, 1.82) is 0 Å². The van der Waals surface area contributed by atoms with Crippen LogP contribution in [0.3, 0.4) is 0 Å². The minimum atomic E-state index is 0.339. The summed E-state index contributed by atoms with van der Waals surface area (Å²) < 4.78 is 0. The number of hydrogen-bond acceptors (Lipinski definition) is 2. The zero-order chi connectivity index (χ0) is 13.6. The lowest BCUT2D eigenvalue weighted by atomic mass is 10.0. The highest BCUT2D eigenvalue weighted by molar-refractivity contribution is 4.61.